The molecule has 0 radical (unpaired) electrons. The van der Waals surface area contributed by atoms with Crippen molar-refractivity contribution in [3.63, 3.8) is 0 Å². The van der Waals surface area contributed by atoms with Gasteiger partial charge >= 0.3 is 0 Å². The smallest absolute Gasteiger partial charge is 0.269 e. The average Bonchev–Trinajstić information content (AvgIpc) is 3.17. The van der Waals surface area contributed by atoms with Crippen LogP contribution >= 0.6 is 23.1 Å². The molecule has 2 aromatic heterocycles. The molecule has 1 aromatic carbocycles. The van der Waals surface area contributed by atoms with Crippen molar-refractivity contribution in [3.05, 3.63) is 68.2 Å². The highest BCUT2D eigenvalue weighted by Crippen LogP contribution is 2.39. The monoisotopic (exact) mass is 372 g/mol. The number of nitrogens with zero attached hydrogens (tertiary/aromatic N) is 4. The van der Waals surface area contributed by atoms with Crippen molar-refractivity contribution in [2.24, 2.45) is 0 Å². The molecule has 1 aliphatic rings. The van der Waals surface area contributed by atoms with Gasteiger partial charge in [0, 0.05) is 35.2 Å². The summed E-state index contributed by atoms with van der Waals surface area (Å²) >= 11 is 3.32. The zero-order valence-corrected chi connectivity index (χ0v) is 15.0. The Labute approximate surface area is 153 Å². The number of thioether (sulfide) groups is 1. The summed E-state index contributed by atoms with van der Waals surface area (Å²) in [6.45, 7) is 0. The van der Waals surface area contributed by atoms with Gasteiger partial charge in [0.1, 0.15) is 5.82 Å². The van der Waals surface area contributed by atoms with E-state index in [-0.39, 0.29) is 10.6 Å². The molecule has 1 aliphatic carbocycles. The van der Waals surface area contributed by atoms with Crippen molar-refractivity contribution >= 4 is 28.8 Å². The van der Waals surface area contributed by atoms with Gasteiger partial charge in [0.25, 0.3) is 5.69 Å². The lowest BCUT2D eigenvalue weighted by Gasteiger charge is -2.08. The first-order valence-electron chi connectivity index (χ1n) is 8.03. The van der Waals surface area contributed by atoms with Crippen LogP contribution in [0.5, 0.6) is 0 Å². The summed E-state index contributed by atoms with van der Waals surface area (Å²) in [6.07, 6.45) is 3.14. The predicted molar refractivity (Wildman–Crippen MR) is 98.1 cm³/mol. The zero-order chi connectivity index (χ0) is 17.2. The number of non-ortho nitro benzene ring substituents is 1. The van der Waals surface area contributed by atoms with E-state index in [0.29, 0.717) is 11.8 Å². The topological polar surface area (TPSA) is 73.8 Å². The van der Waals surface area contributed by atoms with Crippen LogP contribution in [0.3, 0.4) is 0 Å². The maximum atomic E-state index is 10.9. The van der Waals surface area contributed by atoms with E-state index in [9.17, 15) is 10.1 Å². The fraction of sp³-hybridized carbons (Fsp3) is 0.294. The van der Waals surface area contributed by atoms with Gasteiger partial charge in [0.2, 0.25) is 0 Å². The highest BCUT2D eigenvalue weighted by Gasteiger charge is 2.29. The van der Waals surface area contributed by atoms with Gasteiger partial charge in [-0.05, 0) is 29.9 Å². The van der Waals surface area contributed by atoms with Crippen molar-refractivity contribution in [1.82, 2.24) is 14.8 Å². The third-order valence-corrected chi connectivity index (χ3v) is 5.94. The molecule has 128 valence electrons. The van der Waals surface area contributed by atoms with E-state index < -0.39 is 0 Å². The molecule has 2 heterocycles. The lowest BCUT2D eigenvalue weighted by molar-refractivity contribution is -0.384. The summed E-state index contributed by atoms with van der Waals surface area (Å²) in [5, 5.41) is 22.7. The molecule has 0 aliphatic heterocycles. The number of aromatic nitrogens is 3. The van der Waals surface area contributed by atoms with Crippen LogP contribution in [0.4, 0.5) is 5.69 Å². The molecular formula is C17H16N4O2S2. The van der Waals surface area contributed by atoms with E-state index >= 15 is 0 Å². The minimum absolute atomic E-state index is 0.125. The lowest BCUT2D eigenvalue weighted by atomic mass is 10.2. The van der Waals surface area contributed by atoms with Crippen molar-refractivity contribution in [2.45, 2.75) is 36.2 Å². The highest BCUT2D eigenvalue weighted by atomic mass is 32.2. The summed E-state index contributed by atoms with van der Waals surface area (Å²) in [6, 6.07) is 11.4. The Bertz CT molecular complexity index is 888. The molecule has 1 saturated carbocycles. The van der Waals surface area contributed by atoms with Gasteiger partial charge < -0.3 is 4.57 Å². The number of benzene rings is 1. The fourth-order valence-electron chi connectivity index (χ4n) is 2.70. The van der Waals surface area contributed by atoms with Gasteiger partial charge in [-0.3, -0.25) is 10.1 Å². The minimum atomic E-state index is -0.361. The van der Waals surface area contributed by atoms with Gasteiger partial charge in [0.05, 0.1) is 4.92 Å². The quantitative estimate of drug-likeness (QED) is 0.348. The average molecular weight is 372 g/mol. The number of hydrogen-bond acceptors (Lipinski definition) is 6. The van der Waals surface area contributed by atoms with Crippen molar-refractivity contribution in [2.75, 3.05) is 0 Å². The highest BCUT2D eigenvalue weighted by molar-refractivity contribution is 7.98. The second-order valence-electron chi connectivity index (χ2n) is 5.97. The molecule has 0 saturated heterocycles. The van der Waals surface area contributed by atoms with Gasteiger partial charge in [-0.25, -0.2) is 0 Å². The van der Waals surface area contributed by atoms with E-state index in [1.165, 1.54) is 23.8 Å². The molecule has 0 unspecified atom stereocenters. The van der Waals surface area contributed by atoms with Crippen LogP contribution < -0.4 is 0 Å². The standard InChI is InChI=1S/C17H16N4O2S2/c22-21(23)14-4-1-3-12(9-14)11-25-17-19-18-16(20(17)13-6-7-13)10-15-5-2-8-24-15/h1-5,8-9,13H,6-7,10-11H2. The number of thiophene rings is 1. The van der Waals surface area contributed by atoms with Gasteiger partial charge in [-0.15, -0.1) is 21.5 Å². The molecule has 0 amide bonds. The van der Waals surface area contributed by atoms with Crippen molar-refractivity contribution < 1.29 is 4.92 Å². The van der Waals surface area contributed by atoms with Crippen LogP contribution in [0, 0.1) is 10.1 Å². The summed E-state index contributed by atoms with van der Waals surface area (Å²) in [5.74, 6) is 1.65. The molecule has 6 nitrogen and oxygen atoms in total. The first kappa shape index (κ1) is 16.3. The van der Waals surface area contributed by atoms with E-state index in [1.54, 1.807) is 35.2 Å². The Morgan fingerprint density at radius 1 is 1.28 bits per heavy atom. The van der Waals surface area contributed by atoms with Gasteiger partial charge in [-0.2, -0.15) is 0 Å². The first-order chi connectivity index (χ1) is 12.2. The number of nitro benzene ring substituents is 1. The van der Waals surface area contributed by atoms with E-state index in [0.717, 1.165) is 23.0 Å². The van der Waals surface area contributed by atoms with Crippen LogP contribution in [-0.2, 0) is 12.2 Å². The molecular weight excluding hydrogens is 356 g/mol. The van der Waals surface area contributed by atoms with Crippen LogP contribution in [0.25, 0.3) is 0 Å². The largest absolute Gasteiger partial charge is 0.303 e. The maximum Gasteiger partial charge on any atom is 0.269 e. The first-order valence-corrected chi connectivity index (χ1v) is 9.89. The molecule has 1 fully saturated rings. The molecule has 3 aromatic rings. The summed E-state index contributed by atoms with van der Waals surface area (Å²) in [4.78, 5) is 11.8. The second-order valence-corrected chi connectivity index (χ2v) is 7.95. The minimum Gasteiger partial charge on any atom is -0.303 e. The Kier molecular flexibility index (Phi) is 4.54. The van der Waals surface area contributed by atoms with E-state index in [4.69, 9.17) is 0 Å². The van der Waals surface area contributed by atoms with Crippen LogP contribution in [0.2, 0.25) is 0 Å². The molecule has 8 heteroatoms. The predicted octanol–water partition coefficient (Wildman–Crippen LogP) is 4.47. The number of nitro groups is 1. The molecule has 0 N–H and O–H groups in total. The summed E-state index contributed by atoms with van der Waals surface area (Å²) < 4.78 is 2.25. The summed E-state index contributed by atoms with van der Waals surface area (Å²) in [7, 11) is 0. The normalized spacial score (nSPS) is 13.9. The third kappa shape index (κ3) is 3.74. The number of hydrogen-bond donors (Lipinski definition) is 0. The maximum absolute atomic E-state index is 10.9. The third-order valence-electron chi connectivity index (χ3n) is 4.05. The van der Waals surface area contributed by atoms with Crippen molar-refractivity contribution in [1.29, 1.82) is 0 Å². The van der Waals surface area contributed by atoms with Crippen LogP contribution in [0.15, 0.2) is 46.9 Å². The fourth-order valence-corrected chi connectivity index (χ4v) is 4.37. The Hall–Kier alpha value is -2.19. The SMILES string of the molecule is O=[N+]([O-])c1cccc(CSc2nnc(Cc3cccs3)n2C2CC2)c1. The molecule has 0 atom stereocenters. The van der Waals surface area contributed by atoms with Crippen LogP contribution in [0.1, 0.15) is 35.1 Å². The van der Waals surface area contributed by atoms with E-state index in [1.807, 2.05) is 6.07 Å². The lowest BCUT2D eigenvalue weighted by Crippen LogP contribution is -2.03. The Morgan fingerprint density at radius 2 is 2.16 bits per heavy atom. The Morgan fingerprint density at radius 3 is 2.88 bits per heavy atom. The molecule has 4 rings (SSSR count). The summed E-state index contributed by atoms with van der Waals surface area (Å²) in [5.41, 5.74) is 1.05. The van der Waals surface area contributed by atoms with Crippen molar-refractivity contribution in [3.8, 4) is 0 Å². The van der Waals surface area contributed by atoms with Gasteiger partial charge in [0.15, 0.2) is 5.16 Å². The number of rotatable bonds is 7. The van der Waals surface area contributed by atoms with Crippen LogP contribution in [-0.4, -0.2) is 19.7 Å². The molecule has 0 spiro atoms. The van der Waals surface area contributed by atoms with Gasteiger partial charge in [-0.1, -0.05) is 30.0 Å². The molecule has 25 heavy (non-hydrogen) atoms. The molecule has 0 bridgehead atoms. The second kappa shape index (κ2) is 6.97. The van der Waals surface area contributed by atoms with E-state index in [2.05, 4.69) is 32.3 Å². The zero-order valence-electron chi connectivity index (χ0n) is 13.4. The Balaban J connectivity index is 1.51.